The fourth-order valence-corrected chi connectivity index (χ4v) is 3.45. The Kier molecular flexibility index (Phi) is 6.12. The predicted octanol–water partition coefficient (Wildman–Crippen LogP) is 2.26. The van der Waals surface area contributed by atoms with Crippen molar-refractivity contribution < 1.29 is 14.3 Å². The Bertz CT molecular complexity index is 580. The maximum absolute atomic E-state index is 12.7. The average Bonchev–Trinajstić information content (AvgIpc) is 3.01. The number of nitrogen functional groups attached to an aromatic ring is 1. The largest absolute Gasteiger partial charge is 0.493 e. The van der Waals surface area contributed by atoms with E-state index in [-0.39, 0.29) is 5.91 Å². The van der Waals surface area contributed by atoms with Gasteiger partial charge < -0.3 is 20.5 Å². The second-order valence-electron chi connectivity index (χ2n) is 5.52. The molecule has 1 aromatic rings. The molecule has 0 bridgehead atoms. The van der Waals surface area contributed by atoms with Crippen LogP contribution in [-0.2, 0) is 0 Å². The summed E-state index contributed by atoms with van der Waals surface area (Å²) in [4.78, 5) is 15.0. The van der Waals surface area contributed by atoms with E-state index >= 15 is 0 Å². The molecule has 128 valence electrons. The van der Waals surface area contributed by atoms with Crippen LogP contribution >= 0.6 is 15.9 Å². The zero-order valence-electron chi connectivity index (χ0n) is 13.8. The molecule has 3 N–H and O–H groups in total. The Morgan fingerprint density at radius 1 is 1.48 bits per heavy atom. The molecular formula is C16H24BrN3O3. The van der Waals surface area contributed by atoms with Crippen LogP contribution in [-0.4, -0.2) is 50.7 Å². The highest BCUT2D eigenvalue weighted by molar-refractivity contribution is 9.10. The third-order valence-electron chi connectivity index (χ3n) is 4.29. The summed E-state index contributed by atoms with van der Waals surface area (Å²) in [6.45, 7) is 4.83. The average molecular weight is 386 g/mol. The number of halogens is 1. The molecule has 0 unspecified atom stereocenters. The lowest BCUT2D eigenvalue weighted by Gasteiger charge is -2.23. The molecule has 23 heavy (non-hydrogen) atoms. The molecule has 0 aromatic heterocycles. The summed E-state index contributed by atoms with van der Waals surface area (Å²) < 4.78 is 11.2. The first-order chi connectivity index (χ1) is 11.0. The number of carbonyl (C=O) groups is 1. The van der Waals surface area contributed by atoms with Gasteiger partial charge in [-0.15, -0.1) is 0 Å². The number of rotatable bonds is 6. The second-order valence-corrected chi connectivity index (χ2v) is 6.37. The lowest BCUT2D eigenvalue weighted by molar-refractivity contribution is 0.0938. The molecule has 1 amide bonds. The lowest BCUT2D eigenvalue weighted by atomic mass is 10.1. The number of nitrogens with one attached hydrogen (secondary N) is 1. The summed E-state index contributed by atoms with van der Waals surface area (Å²) in [7, 11) is 3.03. The Balaban J connectivity index is 2.20. The third kappa shape index (κ3) is 3.72. The molecular weight excluding hydrogens is 362 g/mol. The highest BCUT2D eigenvalue weighted by Gasteiger charge is 2.26. The minimum atomic E-state index is -0.248. The maximum atomic E-state index is 12.7. The van der Waals surface area contributed by atoms with E-state index in [1.54, 1.807) is 6.07 Å². The number of hydrogen-bond acceptors (Lipinski definition) is 5. The summed E-state index contributed by atoms with van der Waals surface area (Å²) in [5.41, 5.74) is 6.72. The number of carbonyl (C=O) groups excluding carboxylic acids is 1. The van der Waals surface area contributed by atoms with Gasteiger partial charge in [0.15, 0.2) is 11.5 Å². The van der Waals surface area contributed by atoms with Gasteiger partial charge in [-0.05, 0) is 41.9 Å². The van der Waals surface area contributed by atoms with Gasteiger partial charge in [-0.25, -0.2) is 0 Å². The van der Waals surface area contributed by atoms with Crippen molar-refractivity contribution in [2.24, 2.45) is 0 Å². The van der Waals surface area contributed by atoms with Gasteiger partial charge in [0.05, 0.1) is 19.9 Å². The third-order valence-corrected chi connectivity index (χ3v) is 4.95. The van der Waals surface area contributed by atoms with Crippen LogP contribution in [0.4, 0.5) is 5.69 Å². The normalized spacial score (nSPS) is 18.0. The SMILES string of the molecule is CCN1CCC[C@H]1CNC(=O)c1c(N)c(Br)cc(OC)c1OC. The van der Waals surface area contributed by atoms with E-state index in [9.17, 15) is 4.79 Å². The quantitative estimate of drug-likeness (QED) is 0.734. The molecule has 1 saturated heterocycles. The summed E-state index contributed by atoms with van der Waals surface area (Å²) >= 11 is 3.36. The Labute approximate surface area is 145 Å². The summed E-state index contributed by atoms with van der Waals surface area (Å²) in [6, 6.07) is 2.08. The number of nitrogens with zero attached hydrogens (tertiary/aromatic N) is 1. The summed E-state index contributed by atoms with van der Waals surface area (Å²) in [5, 5.41) is 2.98. The molecule has 0 aliphatic carbocycles. The lowest BCUT2D eigenvalue weighted by Crippen LogP contribution is -2.40. The molecule has 0 saturated carbocycles. The second kappa shape index (κ2) is 7.88. The molecule has 1 aromatic carbocycles. The topological polar surface area (TPSA) is 76.8 Å². The predicted molar refractivity (Wildman–Crippen MR) is 94.3 cm³/mol. The highest BCUT2D eigenvalue weighted by Crippen LogP contribution is 2.39. The molecule has 7 heteroatoms. The van der Waals surface area contributed by atoms with Crippen molar-refractivity contribution in [3.05, 3.63) is 16.1 Å². The van der Waals surface area contributed by atoms with E-state index in [4.69, 9.17) is 15.2 Å². The van der Waals surface area contributed by atoms with Crippen LogP contribution in [0.15, 0.2) is 10.5 Å². The van der Waals surface area contributed by atoms with Crippen molar-refractivity contribution in [1.29, 1.82) is 0 Å². The van der Waals surface area contributed by atoms with Crippen LogP contribution in [0, 0.1) is 0 Å². The summed E-state index contributed by atoms with van der Waals surface area (Å²) in [6.07, 6.45) is 2.27. The zero-order valence-corrected chi connectivity index (χ0v) is 15.4. The number of nitrogens with two attached hydrogens (primary N) is 1. The number of amides is 1. The Morgan fingerprint density at radius 2 is 2.22 bits per heavy atom. The van der Waals surface area contributed by atoms with Gasteiger partial charge in [-0.3, -0.25) is 9.69 Å². The number of anilines is 1. The van der Waals surface area contributed by atoms with Crippen molar-refractivity contribution >= 4 is 27.5 Å². The van der Waals surface area contributed by atoms with E-state index in [0.29, 0.717) is 39.8 Å². The minimum absolute atomic E-state index is 0.248. The van der Waals surface area contributed by atoms with E-state index in [0.717, 1.165) is 19.5 Å². The molecule has 6 nitrogen and oxygen atoms in total. The Morgan fingerprint density at radius 3 is 2.83 bits per heavy atom. The first kappa shape index (κ1) is 17.9. The van der Waals surface area contributed by atoms with Crippen LogP contribution in [0.3, 0.4) is 0 Å². The van der Waals surface area contributed by atoms with Gasteiger partial charge in [0, 0.05) is 23.1 Å². The van der Waals surface area contributed by atoms with Crippen LogP contribution in [0.5, 0.6) is 11.5 Å². The fourth-order valence-electron chi connectivity index (χ4n) is 3.04. The smallest absolute Gasteiger partial charge is 0.257 e. The maximum Gasteiger partial charge on any atom is 0.257 e. The van der Waals surface area contributed by atoms with Crippen LogP contribution < -0.4 is 20.5 Å². The highest BCUT2D eigenvalue weighted by atomic mass is 79.9. The van der Waals surface area contributed by atoms with Gasteiger partial charge >= 0.3 is 0 Å². The van der Waals surface area contributed by atoms with Crippen LogP contribution in [0.25, 0.3) is 0 Å². The molecule has 1 atom stereocenters. The molecule has 2 rings (SSSR count). The van der Waals surface area contributed by atoms with Crippen molar-refractivity contribution in [3.63, 3.8) is 0 Å². The first-order valence-corrected chi connectivity index (χ1v) is 8.54. The minimum Gasteiger partial charge on any atom is -0.493 e. The number of methoxy groups -OCH3 is 2. The number of likely N-dealkylation sites (N-methyl/N-ethyl adjacent to an activating group) is 1. The Hall–Kier alpha value is -1.47. The van der Waals surface area contributed by atoms with E-state index < -0.39 is 0 Å². The van der Waals surface area contributed by atoms with E-state index in [1.807, 2.05) is 0 Å². The van der Waals surface area contributed by atoms with Crippen LogP contribution in [0.2, 0.25) is 0 Å². The van der Waals surface area contributed by atoms with Gasteiger partial charge in [-0.2, -0.15) is 0 Å². The number of likely N-dealkylation sites (tertiary alicyclic amines) is 1. The number of benzene rings is 1. The standard InChI is InChI=1S/C16H24BrN3O3/c1-4-20-7-5-6-10(20)9-19-16(21)13-14(18)11(17)8-12(22-2)15(13)23-3/h8,10H,4-7,9,18H2,1-3H3,(H,19,21)/t10-/m0/s1. The van der Waals surface area contributed by atoms with Crippen molar-refractivity contribution in [1.82, 2.24) is 10.2 Å². The first-order valence-electron chi connectivity index (χ1n) is 7.75. The van der Waals surface area contributed by atoms with Crippen molar-refractivity contribution in [2.75, 3.05) is 39.6 Å². The molecule has 1 heterocycles. The van der Waals surface area contributed by atoms with Gasteiger partial charge in [-0.1, -0.05) is 6.92 Å². The van der Waals surface area contributed by atoms with Gasteiger partial charge in [0.25, 0.3) is 5.91 Å². The van der Waals surface area contributed by atoms with E-state index in [2.05, 4.69) is 33.1 Å². The number of ether oxygens (including phenoxy) is 2. The molecule has 1 aliphatic heterocycles. The van der Waals surface area contributed by atoms with Crippen LogP contribution in [0.1, 0.15) is 30.1 Å². The van der Waals surface area contributed by atoms with Crippen molar-refractivity contribution in [2.45, 2.75) is 25.8 Å². The van der Waals surface area contributed by atoms with Gasteiger partial charge in [0.2, 0.25) is 0 Å². The van der Waals surface area contributed by atoms with E-state index in [1.165, 1.54) is 20.6 Å². The monoisotopic (exact) mass is 385 g/mol. The fraction of sp³-hybridized carbons (Fsp3) is 0.562. The molecule has 0 radical (unpaired) electrons. The molecule has 1 fully saturated rings. The summed E-state index contributed by atoms with van der Waals surface area (Å²) in [5.74, 6) is 0.571. The number of hydrogen-bond donors (Lipinski definition) is 2. The van der Waals surface area contributed by atoms with Gasteiger partial charge in [0.1, 0.15) is 5.56 Å². The molecule has 0 spiro atoms. The zero-order chi connectivity index (χ0) is 17.0. The van der Waals surface area contributed by atoms with Crippen molar-refractivity contribution in [3.8, 4) is 11.5 Å². The molecule has 1 aliphatic rings.